The minimum absolute atomic E-state index is 0.302. The Morgan fingerprint density at radius 2 is 2.15 bits per heavy atom. The molecule has 1 heterocycles. The molecule has 0 aromatic rings. The molecule has 0 spiro atoms. The van der Waals surface area contributed by atoms with E-state index in [4.69, 9.17) is 5.11 Å². The predicted molar refractivity (Wildman–Crippen MR) is 54.8 cm³/mol. The number of hydrogen-bond donors (Lipinski definition) is 3. The smallest absolute Gasteiger partial charge is 0.0445 e. The van der Waals surface area contributed by atoms with Gasteiger partial charge in [-0.2, -0.15) is 0 Å². The number of hydrogen-bond acceptors (Lipinski definition) is 3. The van der Waals surface area contributed by atoms with E-state index in [2.05, 4.69) is 17.6 Å². The van der Waals surface area contributed by atoms with Gasteiger partial charge in [-0.3, -0.25) is 0 Å². The summed E-state index contributed by atoms with van der Waals surface area (Å²) < 4.78 is 0. The molecule has 0 saturated carbocycles. The van der Waals surface area contributed by atoms with Crippen LogP contribution >= 0.6 is 0 Å². The summed E-state index contributed by atoms with van der Waals surface area (Å²) in [6, 6.07) is 1.17. The molecule has 1 unspecified atom stereocenters. The highest BCUT2D eigenvalue weighted by Crippen LogP contribution is 2.06. The fraction of sp³-hybridized carbons (Fsp3) is 1.00. The number of aliphatic hydroxyl groups is 1. The Labute approximate surface area is 80.9 Å². The number of aliphatic hydroxyl groups excluding tert-OH is 1. The number of rotatable bonds is 5. The zero-order valence-electron chi connectivity index (χ0n) is 8.55. The Morgan fingerprint density at radius 1 is 1.46 bits per heavy atom. The number of piperidine rings is 1. The minimum atomic E-state index is 0.302. The van der Waals surface area contributed by atoms with Crippen molar-refractivity contribution < 1.29 is 5.11 Å². The molecule has 3 heteroatoms. The Balaban J connectivity index is 2.18. The lowest BCUT2D eigenvalue weighted by atomic mass is 10.0. The molecule has 1 saturated heterocycles. The van der Waals surface area contributed by atoms with Crippen molar-refractivity contribution >= 4 is 0 Å². The zero-order chi connectivity index (χ0) is 9.52. The molecule has 0 radical (unpaired) electrons. The normalized spacial score (nSPS) is 21.7. The van der Waals surface area contributed by atoms with Crippen LogP contribution in [0.3, 0.4) is 0 Å². The number of nitrogens with one attached hydrogen (secondary N) is 2. The lowest BCUT2D eigenvalue weighted by Gasteiger charge is -2.28. The van der Waals surface area contributed by atoms with E-state index < -0.39 is 0 Å². The van der Waals surface area contributed by atoms with Gasteiger partial charge in [-0.25, -0.2) is 0 Å². The maximum Gasteiger partial charge on any atom is 0.0445 e. The standard InChI is InChI=1S/C10H22N2O/c1-2-9(5-8-13)12-10-3-6-11-7-4-10/h9-13H,2-8H2,1H3. The van der Waals surface area contributed by atoms with Crippen LogP contribution in [0.4, 0.5) is 0 Å². The van der Waals surface area contributed by atoms with Crippen LogP contribution in [0.2, 0.25) is 0 Å². The largest absolute Gasteiger partial charge is 0.396 e. The Hall–Kier alpha value is -0.120. The summed E-state index contributed by atoms with van der Waals surface area (Å²) >= 11 is 0. The summed E-state index contributed by atoms with van der Waals surface area (Å²) in [6.45, 7) is 4.74. The first-order chi connectivity index (χ1) is 6.36. The Kier molecular flexibility index (Phi) is 5.35. The summed E-state index contributed by atoms with van der Waals surface area (Å²) in [4.78, 5) is 0. The van der Waals surface area contributed by atoms with Gasteiger partial charge in [0.25, 0.3) is 0 Å². The van der Waals surface area contributed by atoms with Gasteiger partial charge in [-0.1, -0.05) is 6.92 Å². The zero-order valence-corrected chi connectivity index (χ0v) is 8.55. The van der Waals surface area contributed by atoms with Crippen LogP contribution in [0, 0.1) is 0 Å². The molecule has 0 aromatic carbocycles. The van der Waals surface area contributed by atoms with Crippen molar-refractivity contribution in [2.45, 2.75) is 44.7 Å². The van der Waals surface area contributed by atoms with Crippen molar-refractivity contribution in [3.63, 3.8) is 0 Å². The van der Waals surface area contributed by atoms with Crippen LogP contribution in [-0.2, 0) is 0 Å². The van der Waals surface area contributed by atoms with Crippen molar-refractivity contribution in [2.75, 3.05) is 19.7 Å². The van der Waals surface area contributed by atoms with Crippen molar-refractivity contribution in [3.05, 3.63) is 0 Å². The fourth-order valence-electron chi connectivity index (χ4n) is 1.88. The highest BCUT2D eigenvalue weighted by atomic mass is 16.3. The first kappa shape index (κ1) is 11.0. The van der Waals surface area contributed by atoms with Gasteiger partial charge in [0.15, 0.2) is 0 Å². The van der Waals surface area contributed by atoms with E-state index in [1.165, 1.54) is 12.8 Å². The van der Waals surface area contributed by atoms with Crippen LogP contribution in [-0.4, -0.2) is 36.9 Å². The second kappa shape index (κ2) is 6.35. The summed E-state index contributed by atoms with van der Waals surface area (Å²) in [5.74, 6) is 0. The third kappa shape index (κ3) is 4.07. The summed E-state index contributed by atoms with van der Waals surface area (Å²) in [6.07, 6.45) is 4.45. The maximum absolute atomic E-state index is 8.84. The summed E-state index contributed by atoms with van der Waals surface area (Å²) in [7, 11) is 0. The van der Waals surface area contributed by atoms with Crippen LogP contribution in [0.1, 0.15) is 32.6 Å². The van der Waals surface area contributed by atoms with Crippen LogP contribution in [0.5, 0.6) is 0 Å². The average molecular weight is 186 g/mol. The molecule has 1 rings (SSSR count). The molecule has 0 amide bonds. The monoisotopic (exact) mass is 186 g/mol. The van der Waals surface area contributed by atoms with Gasteiger partial charge in [0.2, 0.25) is 0 Å². The first-order valence-electron chi connectivity index (χ1n) is 5.44. The Bertz CT molecular complexity index is 121. The van der Waals surface area contributed by atoms with Crippen molar-refractivity contribution in [1.29, 1.82) is 0 Å². The van der Waals surface area contributed by atoms with Crippen LogP contribution < -0.4 is 10.6 Å². The lowest BCUT2D eigenvalue weighted by molar-refractivity contribution is 0.247. The maximum atomic E-state index is 8.84. The molecular formula is C10H22N2O. The molecule has 0 bridgehead atoms. The van der Waals surface area contributed by atoms with E-state index in [9.17, 15) is 0 Å². The fourth-order valence-corrected chi connectivity index (χ4v) is 1.88. The third-order valence-electron chi connectivity index (χ3n) is 2.78. The molecule has 1 fully saturated rings. The first-order valence-corrected chi connectivity index (χ1v) is 5.44. The van der Waals surface area contributed by atoms with E-state index in [-0.39, 0.29) is 0 Å². The van der Waals surface area contributed by atoms with Gasteiger partial charge in [-0.05, 0) is 38.8 Å². The van der Waals surface area contributed by atoms with Gasteiger partial charge in [0.1, 0.15) is 0 Å². The molecule has 1 atom stereocenters. The minimum Gasteiger partial charge on any atom is -0.396 e. The van der Waals surface area contributed by atoms with Crippen LogP contribution in [0.25, 0.3) is 0 Å². The third-order valence-corrected chi connectivity index (χ3v) is 2.78. The van der Waals surface area contributed by atoms with E-state index in [0.29, 0.717) is 18.7 Å². The molecule has 0 aromatic heterocycles. The van der Waals surface area contributed by atoms with E-state index in [1.54, 1.807) is 0 Å². The topological polar surface area (TPSA) is 44.3 Å². The van der Waals surface area contributed by atoms with E-state index >= 15 is 0 Å². The van der Waals surface area contributed by atoms with Gasteiger partial charge in [0, 0.05) is 18.7 Å². The summed E-state index contributed by atoms with van der Waals surface area (Å²) in [5.41, 5.74) is 0. The molecule has 3 N–H and O–H groups in total. The van der Waals surface area contributed by atoms with E-state index in [0.717, 1.165) is 25.9 Å². The molecule has 78 valence electrons. The van der Waals surface area contributed by atoms with Crippen molar-refractivity contribution in [2.24, 2.45) is 0 Å². The van der Waals surface area contributed by atoms with E-state index in [1.807, 2.05) is 0 Å². The lowest BCUT2D eigenvalue weighted by Crippen LogP contribution is -2.44. The van der Waals surface area contributed by atoms with Crippen molar-refractivity contribution in [3.8, 4) is 0 Å². The average Bonchev–Trinajstić information content (AvgIpc) is 2.19. The highest BCUT2D eigenvalue weighted by molar-refractivity contribution is 4.78. The predicted octanol–water partition coefficient (Wildman–Crippen LogP) is 0.489. The molecule has 3 nitrogen and oxygen atoms in total. The second-order valence-corrected chi connectivity index (χ2v) is 3.81. The van der Waals surface area contributed by atoms with Gasteiger partial charge in [0.05, 0.1) is 0 Å². The Morgan fingerprint density at radius 3 is 2.69 bits per heavy atom. The highest BCUT2D eigenvalue weighted by Gasteiger charge is 2.15. The van der Waals surface area contributed by atoms with Gasteiger partial charge >= 0.3 is 0 Å². The second-order valence-electron chi connectivity index (χ2n) is 3.81. The molecule has 1 aliphatic rings. The molecule has 1 aliphatic heterocycles. The molecular weight excluding hydrogens is 164 g/mol. The molecule has 0 aliphatic carbocycles. The molecule has 13 heavy (non-hydrogen) atoms. The van der Waals surface area contributed by atoms with Crippen LogP contribution in [0.15, 0.2) is 0 Å². The van der Waals surface area contributed by atoms with Gasteiger partial charge in [-0.15, -0.1) is 0 Å². The summed E-state index contributed by atoms with van der Waals surface area (Å²) in [5, 5.41) is 15.8. The van der Waals surface area contributed by atoms with Gasteiger partial charge < -0.3 is 15.7 Å². The SMILES string of the molecule is CCC(CCO)NC1CCNCC1. The quantitative estimate of drug-likeness (QED) is 0.585. The van der Waals surface area contributed by atoms with Crippen molar-refractivity contribution in [1.82, 2.24) is 10.6 Å².